The summed E-state index contributed by atoms with van der Waals surface area (Å²) in [6.45, 7) is 5.62. The van der Waals surface area contributed by atoms with Gasteiger partial charge in [0.1, 0.15) is 0 Å². The first-order chi connectivity index (χ1) is 12.2. The van der Waals surface area contributed by atoms with Crippen LogP contribution in [0.1, 0.15) is 53.6 Å². The van der Waals surface area contributed by atoms with Crippen molar-refractivity contribution in [2.24, 2.45) is 0 Å². The number of nitrogens with zero attached hydrogens (tertiary/aromatic N) is 2. The quantitative estimate of drug-likeness (QED) is 0.722. The molecule has 2 aliphatic rings. The molecule has 0 bridgehead atoms. The van der Waals surface area contributed by atoms with Crippen LogP contribution in [0.15, 0.2) is 17.1 Å². The van der Waals surface area contributed by atoms with Crippen molar-refractivity contribution in [3.63, 3.8) is 0 Å². The molecule has 5 nitrogen and oxygen atoms in total. The summed E-state index contributed by atoms with van der Waals surface area (Å²) in [5.74, 6) is -1.48. The molecule has 27 heavy (non-hydrogen) atoms. The third-order valence-electron chi connectivity index (χ3n) is 5.51. The second-order valence-electron chi connectivity index (χ2n) is 7.89. The van der Waals surface area contributed by atoms with E-state index in [2.05, 4.69) is 11.8 Å². The molecule has 8 heteroatoms. The summed E-state index contributed by atoms with van der Waals surface area (Å²) in [6.07, 6.45) is 4.13. The van der Waals surface area contributed by atoms with Gasteiger partial charge in [0.05, 0.1) is 0 Å². The van der Waals surface area contributed by atoms with Gasteiger partial charge < -0.3 is 0 Å². The maximum Gasteiger partial charge on any atom is -0.147 e. The van der Waals surface area contributed by atoms with Crippen LogP contribution in [0.3, 0.4) is 0 Å². The van der Waals surface area contributed by atoms with Crippen molar-refractivity contribution in [1.82, 2.24) is 4.40 Å². The molecule has 3 heterocycles. The van der Waals surface area contributed by atoms with Gasteiger partial charge in [0.2, 0.25) is 0 Å². The number of halogens is 2. The van der Waals surface area contributed by atoms with E-state index in [0.29, 0.717) is 11.2 Å². The van der Waals surface area contributed by atoms with Gasteiger partial charge >= 0.3 is 159 Å². The van der Waals surface area contributed by atoms with Gasteiger partial charge in [0.15, 0.2) is 0 Å². The van der Waals surface area contributed by atoms with Gasteiger partial charge in [0.25, 0.3) is 0 Å². The van der Waals surface area contributed by atoms with Gasteiger partial charge in [-0.3, -0.25) is 0 Å². The summed E-state index contributed by atoms with van der Waals surface area (Å²) in [7, 11) is 0. The average Bonchev–Trinajstić information content (AvgIpc) is 3.32. The van der Waals surface area contributed by atoms with E-state index in [1.165, 1.54) is 16.7 Å². The predicted molar refractivity (Wildman–Crippen MR) is 108 cm³/mol. The Labute approximate surface area is 171 Å². The molecule has 2 atom stereocenters. The molecular formula is C19H23AsClFN2O3. The molecule has 0 aromatic carbocycles. The van der Waals surface area contributed by atoms with Crippen LogP contribution in [0.5, 0.6) is 0 Å². The van der Waals surface area contributed by atoms with Crippen LogP contribution in [0.25, 0.3) is 5.52 Å². The second kappa shape index (κ2) is 6.82. The molecule has 2 aromatic rings. The third-order valence-corrected chi connectivity index (χ3v) is 6.50. The van der Waals surface area contributed by atoms with Gasteiger partial charge in [-0.2, -0.15) is 0 Å². The Kier molecular flexibility index (Phi) is 5.11. The van der Waals surface area contributed by atoms with Crippen LogP contribution in [-0.4, -0.2) is 45.4 Å². The molecule has 0 radical (unpaired) electrons. The van der Waals surface area contributed by atoms with Crippen molar-refractivity contribution < 1.29 is 14.3 Å². The number of aromatic carboxylic acids is 1. The fourth-order valence-electron chi connectivity index (χ4n) is 4.06. The molecule has 146 valence electrons. The minimum atomic E-state index is -1.27. The normalized spacial score (nSPS) is 22.1. The van der Waals surface area contributed by atoms with Crippen LogP contribution in [0.4, 0.5) is 10.1 Å². The zero-order chi connectivity index (χ0) is 18.8. The molecule has 1 aliphatic carbocycles. The van der Waals surface area contributed by atoms with E-state index in [1.54, 1.807) is 16.9 Å². The van der Waals surface area contributed by atoms with Crippen molar-refractivity contribution in [3.05, 3.63) is 45.1 Å². The monoisotopic (exact) mass is 456 g/mol. The first kappa shape index (κ1) is 20.2. The summed E-state index contributed by atoms with van der Waals surface area (Å²) >= 11 is 1.66. The fourth-order valence-corrected chi connectivity index (χ4v) is 4.80. The Hall–Kier alpha value is -1.52. The van der Waals surface area contributed by atoms with Gasteiger partial charge in [-0.05, 0) is 0 Å². The van der Waals surface area contributed by atoms with Crippen LogP contribution in [-0.2, 0) is 0 Å². The smallest absolute Gasteiger partial charge is 0.147 e. The van der Waals surface area contributed by atoms with E-state index in [9.17, 15) is 14.7 Å². The fraction of sp³-hybridized carbons (Fsp3) is 0.474. The van der Waals surface area contributed by atoms with E-state index >= 15 is 4.39 Å². The second-order valence-corrected chi connectivity index (χ2v) is 10.8. The molecule has 1 saturated heterocycles. The third kappa shape index (κ3) is 3.38. The molecule has 4 rings (SSSR count). The van der Waals surface area contributed by atoms with Crippen molar-refractivity contribution in [2.45, 2.75) is 43.2 Å². The number of carbonyl (C=O) groups is 1. The zero-order valence-corrected chi connectivity index (χ0v) is 18.5. The summed E-state index contributed by atoms with van der Waals surface area (Å²) < 4.78 is 16.4. The van der Waals surface area contributed by atoms with Crippen molar-refractivity contribution in [3.8, 4) is 0 Å². The maximum absolute atomic E-state index is 15.0. The Morgan fingerprint density at radius 3 is 2.59 bits per heavy atom. The van der Waals surface area contributed by atoms with Crippen LogP contribution >= 0.6 is 12.4 Å². The van der Waals surface area contributed by atoms with Crippen LogP contribution in [0.2, 0.25) is 4.20 Å². The number of hydrogen-bond acceptors (Lipinski definition) is 3. The van der Waals surface area contributed by atoms with Crippen molar-refractivity contribution >= 4 is 46.4 Å². The first-order valence-corrected chi connectivity index (χ1v) is 10.1. The van der Waals surface area contributed by atoms with Crippen molar-refractivity contribution in [2.75, 3.05) is 18.0 Å². The van der Waals surface area contributed by atoms with E-state index in [4.69, 9.17) is 0 Å². The number of aromatic nitrogens is 1. The maximum atomic E-state index is 15.0. The number of fused-ring (bicyclic) bond motifs is 1. The molecule has 2 fully saturated rings. The number of rotatable bonds is 3. The van der Waals surface area contributed by atoms with E-state index in [1.807, 2.05) is 6.92 Å². The molecule has 2 aromatic heterocycles. The van der Waals surface area contributed by atoms with Crippen LogP contribution < -0.4 is 10.5 Å². The summed E-state index contributed by atoms with van der Waals surface area (Å²) in [5.41, 5.74) is 1.84. The van der Waals surface area contributed by atoms with Gasteiger partial charge in [-0.1, -0.05) is 0 Å². The Morgan fingerprint density at radius 1 is 1.41 bits per heavy atom. The molecule has 1 aliphatic heterocycles. The number of carboxylic acids is 1. The Morgan fingerprint density at radius 2 is 2.07 bits per heavy atom. The minimum Gasteiger partial charge on any atom is -0.147 e. The summed E-state index contributed by atoms with van der Waals surface area (Å²) in [4.78, 5) is 26.1. The topological polar surface area (TPSA) is 62.0 Å². The number of aryl methyl sites for hydroxylation is 1. The zero-order valence-electron chi connectivity index (χ0n) is 15.3. The SMILES string of the molecule is Cc1c(N2CCC(C)([AsH2])C2)c(F)cn2c(=O)c(C(=O)O)cc(C3CC3)c12.Cl. The van der Waals surface area contributed by atoms with E-state index < -0.39 is 17.3 Å². The first-order valence-electron chi connectivity index (χ1n) is 8.85. The molecule has 1 saturated carbocycles. The molecule has 0 amide bonds. The van der Waals surface area contributed by atoms with Gasteiger partial charge in [-0.15, -0.1) is 12.4 Å². The molecular weight excluding hydrogens is 434 g/mol. The van der Waals surface area contributed by atoms with Crippen LogP contribution in [0, 0.1) is 12.7 Å². The molecule has 2 unspecified atom stereocenters. The summed E-state index contributed by atoms with van der Waals surface area (Å²) in [5, 5.41) is 9.36. The van der Waals surface area contributed by atoms with Crippen molar-refractivity contribution in [1.29, 1.82) is 0 Å². The Balaban J connectivity index is 0.00000210. The Bertz CT molecular complexity index is 1000. The van der Waals surface area contributed by atoms with Gasteiger partial charge in [0, 0.05) is 0 Å². The number of carboxylic acid groups (broad SMARTS) is 1. The van der Waals surface area contributed by atoms with E-state index in [-0.39, 0.29) is 28.1 Å². The number of pyridine rings is 2. The van der Waals surface area contributed by atoms with Gasteiger partial charge in [-0.25, -0.2) is 0 Å². The average molecular weight is 457 g/mol. The minimum absolute atomic E-state index is 0. The molecule has 1 N–H and O–H groups in total. The largest absolute Gasteiger partial charge is 0.147 e. The predicted octanol–water partition coefficient (Wildman–Crippen LogP) is 2.77. The number of anilines is 1. The van der Waals surface area contributed by atoms with E-state index in [0.717, 1.165) is 43.5 Å². The molecule has 0 spiro atoms. The summed E-state index contributed by atoms with van der Waals surface area (Å²) in [6, 6.07) is 1.50. The number of hydrogen-bond donors (Lipinski definition) is 1. The standard InChI is InChI=1S/C19H22AsFN2O3.ClH/c1-10-15-12(11-3-4-11)7-13(18(25)26)17(24)23(15)8-14(21)16(10)22-6-5-19(2,20)9-22;/h7-8,11H,3-6,9,20H2,1-2H3,(H,25,26);1H.